The van der Waals surface area contributed by atoms with Crippen LogP contribution in [0.3, 0.4) is 0 Å². The number of sulfonamides is 1. The first-order chi connectivity index (χ1) is 8.99. The topological polar surface area (TPSA) is 77.3 Å². The Kier molecular flexibility index (Phi) is 4.14. The summed E-state index contributed by atoms with van der Waals surface area (Å²) in [5.41, 5.74) is 1.44. The third kappa shape index (κ3) is 3.73. The van der Waals surface area contributed by atoms with E-state index in [2.05, 4.69) is 9.88 Å². The zero-order chi connectivity index (χ0) is 13.9. The summed E-state index contributed by atoms with van der Waals surface area (Å²) in [6.45, 7) is 3.17. The predicted octanol–water partition coefficient (Wildman–Crippen LogP) is 0.0305. The van der Waals surface area contributed by atoms with Crippen molar-refractivity contribution in [3.8, 4) is 6.07 Å². The largest absolute Gasteiger partial charge is 0.296 e. The molecule has 19 heavy (non-hydrogen) atoms. The molecule has 2 rings (SSSR count). The molecule has 0 aromatic carbocycles. The highest BCUT2D eigenvalue weighted by molar-refractivity contribution is 7.88. The van der Waals surface area contributed by atoms with Crippen molar-refractivity contribution >= 4 is 10.0 Å². The average Bonchev–Trinajstić information content (AvgIpc) is 2.38. The molecule has 2 heterocycles. The van der Waals surface area contributed by atoms with E-state index in [1.165, 1.54) is 10.6 Å². The van der Waals surface area contributed by atoms with Crippen LogP contribution in [0.25, 0.3) is 0 Å². The number of nitrogens with zero attached hydrogens (tertiary/aromatic N) is 4. The Balaban J connectivity index is 1.94. The Bertz CT molecular complexity index is 586. The van der Waals surface area contributed by atoms with Crippen LogP contribution in [0.1, 0.15) is 11.3 Å². The average molecular weight is 280 g/mol. The van der Waals surface area contributed by atoms with Gasteiger partial charge in [0, 0.05) is 38.9 Å². The van der Waals surface area contributed by atoms with Crippen LogP contribution in [-0.4, -0.2) is 55.0 Å². The molecule has 0 spiro atoms. The smallest absolute Gasteiger partial charge is 0.211 e. The van der Waals surface area contributed by atoms with E-state index in [4.69, 9.17) is 5.26 Å². The van der Waals surface area contributed by atoms with Crippen molar-refractivity contribution in [1.82, 2.24) is 14.2 Å². The van der Waals surface area contributed by atoms with E-state index in [9.17, 15) is 8.42 Å². The highest BCUT2D eigenvalue weighted by Gasteiger charge is 2.23. The molecule has 0 amide bonds. The standard InChI is InChI=1S/C12H16N4O2S/c1-19(17,18)16-6-4-15(5-7-16)10-11-2-3-14-12(8-11)9-13/h2-3,8H,4-7,10H2,1H3. The van der Waals surface area contributed by atoms with Gasteiger partial charge in [-0.05, 0) is 17.7 Å². The maximum atomic E-state index is 11.4. The Labute approximate surface area is 113 Å². The first-order valence-electron chi connectivity index (χ1n) is 6.01. The van der Waals surface area contributed by atoms with Gasteiger partial charge < -0.3 is 0 Å². The Morgan fingerprint density at radius 2 is 2.05 bits per heavy atom. The van der Waals surface area contributed by atoms with Crippen molar-refractivity contribution in [2.45, 2.75) is 6.54 Å². The van der Waals surface area contributed by atoms with Crippen molar-refractivity contribution in [3.63, 3.8) is 0 Å². The summed E-state index contributed by atoms with van der Waals surface area (Å²) in [6.07, 6.45) is 2.87. The van der Waals surface area contributed by atoms with Crippen molar-refractivity contribution in [1.29, 1.82) is 5.26 Å². The van der Waals surface area contributed by atoms with Crippen LogP contribution in [0.4, 0.5) is 0 Å². The number of hydrogen-bond donors (Lipinski definition) is 0. The maximum absolute atomic E-state index is 11.4. The summed E-state index contributed by atoms with van der Waals surface area (Å²) in [5.74, 6) is 0. The molecule has 0 N–H and O–H groups in total. The number of pyridine rings is 1. The molecule has 1 fully saturated rings. The van der Waals surface area contributed by atoms with Crippen molar-refractivity contribution in [2.75, 3.05) is 32.4 Å². The van der Waals surface area contributed by atoms with E-state index < -0.39 is 10.0 Å². The minimum absolute atomic E-state index is 0.410. The zero-order valence-corrected chi connectivity index (χ0v) is 11.6. The SMILES string of the molecule is CS(=O)(=O)N1CCN(Cc2ccnc(C#N)c2)CC1. The summed E-state index contributed by atoms with van der Waals surface area (Å²) >= 11 is 0. The van der Waals surface area contributed by atoms with E-state index in [1.54, 1.807) is 12.3 Å². The molecule has 0 radical (unpaired) electrons. The normalized spacial score (nSPS) is 18.1. The minimum atomic E-state index is -3.08. The van der Waals surface area contributed by atoms with E-state index in [1.807, 2.05) is 12.1 Å². The summed E-state index contributed by atoms with van der Waals surface area (Å²) in [6, 6.07) is 5.66. The molecule has 0 unspecified atom stereocenters. The Morgan fingerprint density at radius 1 is 1.37 bits per heavy atom. The van der Waals surface area contributed by atoms with Gasteiger partial charge in [-0.2, -0.15) is 9.57 Å². The van der Waals surface area contributed by atoms with Crippen LogP contribution >= 0.6 is 0 Å². The van der Waals surface area contributed by atoms with E-state index in [-0.39, 0.29) is 0 Å². The summed E-state index contributed by atoms with van der Waals surface area (Å²) in [7, 11) is -3.08. The molecule has 1 aliphatic heterocycles. The number of rotatable bonds is 3. The molecule has 1 saturated heterocycles. The van der Waals surface area contributed by atoms with Gasteiger partial charge in [-0.25, -0.2) is 13.4 Å². The first-order valence-corrected chi connectivity index (χ1v) is 7.86. The van der Waals surface area contributed by atoms with Crippen molar-refractivity contribution < 1.29 is 8.42 Å². The Hall–Kier alpha value is -1.49. The molecule has 1 aromatic heterocycles. The monoisotopic (exact) mass is 280 g/mol. The van der Waals surface area contributed by atoms with Gasteiger partial charge in [0.15, 0.2) is 0 Å². The predicted molar refractivity (Wildman–Crippen MR) is 70.6 cm³/mol. The molecule has 7 heteroatoms. The third-order valence-corrected chi connectivity index (χ3v) is 4.45. The second kappa shape index (κ2) is 5.65. The lowest BCUT2D eigenvalue weighted by molar-refractivity contribution is 0.182. The fourth-order valence-electron chi connectivity index (χ4n) is 2.11. The van der Waals surface area contributed by atoms with Gasteiger partial charge >= 0.3 is 0 Å². The minimum Gasteiger partial charge on any atom is -0.296 e. The van der Waals surface area contributed by atoms with Gasteiger partial charge in [0.25, 0.3) is 0 Å². The number of hydrogen-bond acceptors (Lipinski definition) is 5. The van der Waals surface area contributed by atoms with Crippen LogP contribution in [0.15, 0.2) is 18.3 Å². The van der Waals surface area contributed by atoms with Gasteiger partial charge in [0.1, 0.15) is 11.8 Å². The Morgan fingerprint density at radius 3 is 2.63 bits per heavy atom. The molecule has 1 aromatic rings. The van der Waals surface area contributed by atoms with Gasteiger partial charge in [0.2, 0.25) is 10.0 Å². The molecule has 102 valence electrons. The molecule has 0 bridgehead atoms. The first kappa shape index (κ1) is 13.9. The van der Waals surface area contributed by atoms with Gasteiger partial charge in [0.05, 0.1) is 6.26 Å². The highest BCUT2D eigenvalue weighted by Crippen LogP contribution is 2.10. The lowest BCUT2D eigenvalue weighted by atomic mass is 10.2. The quantitative estimate of drug-likeness (QED) is 0.780. The van der Waals surface area contributed by atoms with E-state index >= 15 is 0 Å². The molecule has 0 saturated carbocycles. The summed E-state index contributed by atoms with van der Waals surface area (Å²) in [5, 5.41) is 8.79. The molecule has 0 atom stereocenters. The highest BCUT2D eigenvalue weighted by atomic mass is 32.2. The molecule has 0 aliphatic carbocycles. The second-order valence-corrected chi connectivity index (χ2v) is 6.58. The number of nitriles is 1. The van der Waals surface area contributed by atoms with Crippen LogP contribution in [0.5, 0.6) is 0 Å². The molecule has 1 aliphatic rings. The molecular formula is C12H16N4O2S. The van der Waals surface area contributed by atoms with E-state index in [0.29, 0.717) is 31.9 Å². The van der Waals surface area contributed by atoms with Gasteiger partial charge in [-0.1, -0.05) is 0 Å². The van der Waals surface area contributed by atoms with Crippen LogP contribution in [0.2, 0.25) is 0 Å². The lowest BCUT2D eigenvalue weighted by Crippen LogP contribution is -2.47. The summed E-state index contributed by atoms with van der Waals surface area (Å²) < 4.78 is 24.3. The maximum Gasteiger partial charge on any atom is 0.211 e. The van der Waals surface area contributed by atoms with E-state index in [0.717, 1.165) is 12.1 Å². The number of aromatic nitrogens is 1. The molecule has 6 nitrogen and oxygen atoms in total. The lowest BCUT2D eigenvalue weighted by Gasteiger charge is -2.33. The van der Waals surface area contributed by atoms with Crippen LogP contribution < -0.4 is 0 Å². The van der Waals surface area contributed by atoms with Gasteiger partial charge in [-0.3, -0.25) is 4.90 Å². The second-order valence-electron chi connectivity index (χ2n) is 4.60. The molecular weight excluding hydrogens is 264 g/mol. The zero-order valence-electron chi connectivity index (χ0n) is 10.8. The third-order valence-electron chi connectivity index (χ3n) is 3.15. The fourth-order valence-corrected chi connectivity index (χ4v) is 2.94. The number of piperazine rings is 1. The summed E-state index contributed by atoms with van der Waals surface area (Å²) in [4.78, 5) is 6.11. The van der Waals surface area contributed by atoms with Crippen LogP contribution in [-0.2, 0) is 16.6 Å². The van der Waals surface area contributed by atoms with Gasteiger partial charge in [-0.15, -0.1) is 0 Å². The van der Waals surface area contributed by atoms with Crippen molar-refractivity contribution in [3.05, 3.63) is 29.6 Å². The van der Waals surface area contributed by atoms with Crippen LogP contribution in [0, 0.1) is 11.3 Å². The fraction of sp³-hybridized carbons (Fsp3) is 0.500. The van der Waals surface area contributed by atoms with Crippen molar-refractivity contribution in [2.24, 2.45) is 0 Å².